The number of aliphatic hydroxyl groups is 1. The lowest BCUT2D eigenvalue weighted by Crippen LogP contribution is -2.54. The van der Waals surface area contributed by atoms with Crippen molar-refractivity contribution in [2.75, 3.05) is 20.2 Å². The number of hydrogen-bond acceptors (Lipinski definition) is 6. The number of hydrogen-bond donors (Lipinski definition) is 2. The summed E-state index contributed by atoms with van der Waals surface area (Å²) in [5.41, 5.74) is 0. The molecule has 8 nitrogen and oxygen atoms in total. The van der Waals surface area contributed by atoms with Gasteiger partial charge in [-0.15, -0.1) is 5.10 Å². The maximum absolute atomic E-state index is 11.8. The molecule has 1 rings (SSSR count). The van der Waals surface area contributed by atoms with E-state index in [0.29, 0.717) is 13.0 Å². The van der Waals surface area contributed by atoms with Gasteiger partial charge in [-0.05, 0) is 6.92 Å². The number of nitrogens with one attached hydrogen (secondary N) is 1. The molecule has 0 saturated carbocycles. The molecule has 2 amide bonds. The van der Waals surface area contributed by atoms with Crippen molar-refractivity contribution in [2.45, 2.75) is 25.5 Å². The van der Waals surface area contributed by atoms with Crippen molar-refractivity contribution in [3.8, 4) is 0 Å². The fourth-order valence-corrected chi connectivity index (χ4v) is 1.61. The first-order valence-electron chi connectivity index (χ1n) is 5.82. The number of ether oxygens (including phenoxy) is 1. The van der Waals surface area contributed by atoms with Gasteiger partial charge in [0.05, 0.1) is 19.8 Å². The van der Waals surface area contributed by atoms with E-state index in [9.17, 15) is 14.7 Å². The molecular weight excluding hydrogens is 252 g/mol. The number of methoxy groups -OCH3 is 1. The fraction of sp³-hybridized carbons (Fsp3) is 0.636. The van der Waals surface area contributed by atoms with Gasteiger partial charge in [-0.25, -0.2) is 0 Å². The van der Waals surface area contributed by atoms with E-state index in [-0.39, 0.29) is 18.3 Å². The lowest BCUT2D eigenvalue weighted by Gasteiger charge is -2.30. The second-order valence-electron chi connectivity index (χ2n) is 4.13. The van der Waals surface area contributed by atoms with Gasteiger partial charge in [0.1, 0.15) is 6.04 Å². The van der Waals surface area contributed by atoms with Crippen molar-refractivity contribution >= 4 is 24.4 Å². The highest BCUT2D eigenvalue weighted by Gasteiger charge is 2.29. The Labute approximate surface area is 111 Å². The number of carbonyl (C=O) groups excluding carboxylic acids is 2. The SMILES string of the molecule is C=N/N=C(\OC)C(NC(=O)CN1CCC1=O)C(C)O. The molecule has 0 radical (unpaired) electrons. The van der Waals surface area contributed by atoms with Crippen molar-refractivity contribution < 1.29 is 19.4 Å². The summed E-state index contributed by atoms with van der Waals surface area (Å²) in [6.07, 6.45) is -0.449. The van der Waals surface area contributed by atoms with E-state index in [0.717, 1.165) is 0 Å². The van der Waals surface area contributed by atoms with Gasteiger partial charge in [0.15, 0.2) is 0 Å². The molecule has 8 heteroatoms. The topological polar surface area (TPSA) is 104 Å². The van der Waals surface area contributed by atoms with Crippen molar-refractivity contribution in [1.82, 2.24) is 10.2 Å². The smallest absolute Gasteiger partial charge is 0.240 e. The van der Waals surface area contributed by atoms with E-state index in [1.807, 2.05) is 0 Å². The van der Waals surface area contributed by atoms with Gasteiger partial charge in [-0.3, -0.25) is 9.59 Å². The van der Waals surface area contributed by atoms with Crippen LogP contribution in [0.25, 0.3) is 0 Å². The molecule has 1 saturated heterocycles. The highest BCUT2D eigenvalue weighted by molar-refractivity contribution is 5.91. The van der Waals surface area contributed by atoms with E-state index in [4.69, 9.17) is 4.74 Å². The van der Waals surface area contributed by atoms with Gasteiger partial charge in [-0.1, -0.05) is 0 Å². The average molecular weight is 270 g/mol. The zero-order chi connectivity index (χ0) is 14.4. The number of likely N-dealkylation sites (tertiary alicyclic amines) is 1. The van der Waals surface area contributed by atoms with E-state index in [1.165, 1.54) is 18.9 Å². The number of nitrogens with zero attached hydrogens (tertiary/aromatic N) is 3. The first-order valence-corrected chi connectivity index (χ1v) is 5.82. The standard InChI is InChI=1S/C11H18N4O4/c1-7(16)10(11(19-3)14-12-2)13-8(17)6-15-5-4-9(15)18/h7,10,16H,2,4-6H2,1,3H3,(H,13,17)/b14-11-. The summed E-state index contributed by atoms with van der Waals surface area (Å²) in [7, 11) is 1.35. The fourth-order valence-electron chi connectivity index (χ4n) is 1.61. The van der Waals surface area contributed by atoms with Gasteiger partial charge >= 0.3 is 0 Å². The van der Waals surface area contributed by atoms with E-state index in [2.05, 4.69) is 22.2 Å². The maximum Gasteiger partial charge on any atom is 0.240 e. The molecule has 0 aliphatic carbocycles. The van der Waals surface area contributed by atoms with Crippen LogP contribution in [-0.2, 0) is 14.3 Å². The van der Waals surface area contributed by atoms with Gasteiger partial charge < -0.3 is 20.1 Å². The predicted octanol–water partition coefficient (Wildman–Crippen LogP) is -1.26. The van der Waals surface area contributed by atoms with Crippen LogP contribution < -0.4 is 5.32 Å². The molecule has 1 fully saturated rings. The molecule has 106 valence electrons. The quantitative estimate of drug-likeness (QED) is 0.272. The van der Waals surface area contributed by atoms with Crippen LogP contribution in [-0.4, -0.2) is 66.8 Å². The van der Waals surface area contributed by atoms with Gasteiger partial charge in [0.25, 0.3) is 0 Å². The summed E-state index contributed by atoms with van der Waals surface area (Å²) in [5, 5.41) is 19.1. The summed E-state index contributed by atoms with van der Waals surface area (Å²) < 4.78 is 4.94. The van der Waals surface area contributed by atoms with E-state index >= 15 is 0 Å². The lowest BCUT2D eigenvalue weighted by molar-refractivity contribution is -0.143. The predicted molar refractivity (Wildman–Crippen MR) is 68.8 cm³/mol. The molecule has 1 aliphatic rings. The molecule has 1 heterocycles. The Bertz CT molecular complexity index is 394. The third-order valence-electron chi connectivity index (χ3n) is 2.73. The van der Waals surface area contributed by atoms with Crippen LogP contribution in [0.15, 0.2) is 10.2 Å². The van der Waals surface area contributed by atoms with Crippen LogP contribution in [0.3, 0.4) is 0 Å². The summed E-state index contributed by atoms with van der Waals surface area (Å²) in [4.78, 5) is 24.3. The molecule has 2 atom stereocenters. The average Bonchev–Trinajstić information content (AvgIpc) is 2.38. The normalized spacial score (nSPS) is 18.4. The number of amides is 2. The molecule has 0 bridgehead atoms. The Kier molecular flexibility index (Phi) is 5.43. The Morgan fingerprint density at radius 2 is 2.37 bits per heavy atom. The highest BCUT2D eigenvalue weighted by atomic mass is 16.5. The molecule has 2 unspecified atom stereocenters. The van der Waals surface area contributed by atoms with Gasteiger partial charge in [-0.2, -0.15) is 5.10 Å². The summed E-state index contributed by atoms with van der Waals surface area (Å²) in [6.45, 7) is 5.20. The Morgan fingerprint density at radius 3 is 2.74 bits per heavy atom. The minimum absolute atomic E-state index is 0.0411. The first-order chi connectivity index (χ1) is 8.99. The first kappa shape index (κ1) is 15.1. The Morgan fingerprint density at radius 1 is 1.68 bits per heavy atom. The van der Waals surface area contributed by atoms with E-state index in [1.54, 1.807) is 0 Å². The van der Waals surface area contributed by atoms with Crippen LogP contribution in [0.4, 0.5) is 0 Å². The van der Waals surface area contributed by atoms with E-state index < -0.39 is 18.1 Å². The molecule has 1 aliphatic heterocycles. The zero-order valence-corrected chi connectivity index (χ0v) is 11.0. The molecule has 0 aromatic heterocycles. The summed E-state index contributed by atoms with van der Waals surface area (Å²) in [5.74, 6) is -0.404. The molecule has 0 aromatic carbocycles. The largest absolute Gasteiger partial charge is 0.481 e. The minimum Gasteiger partial charge on any atom is -0.481 e. The van der Waals surface area contributed by atoms with Crippen molar-refractivity contribution in [3.05, 3.63) is 0 Å². The third-order valence-corrected chi connectivity index (χ3v) is 2.73. The molecule has 0 aromatic rings. The second kappa shape index (κ2) is 6.83. The van der Waals surface area contributed by atoms with Crippen molar-refractivity contribution in [2.24, 2.45) is 10.2 Å². The second-order valence-corrected chi connectivity index (χ2v) is 4.13. The number of rotatable bonds is 6. The highest BCUT2D eigenvalue weighted by Crippen LogP contribution is 2.07. The molecule has 2 N–H and O–H groups in total. The summed E-state index contributed by atoms with van der Waals surface area (Å²) in [6, 6.07) is -0.834. The summed E-state index contributed by atoms with van der Waals surface area (Å²) >= 11 is 0. The lowest BCUT2D eigenvalue weighted by atomic mass is 10.1. The monoisotopic (exact) mass is 270 g/mol. The minimum atomic E-state index is -0.920. The third kappa shape index (κ3) is 4.02. The van der Waals surface area contributed by atoms with Crippen LogP contribution >= 0.6 is 0 Å². The number of β-lactam (4-membered cyclic amide) rings is 1. The van der Waals surface area contributed by atoms with Crippen LogP contribution in [0, 0.1) is 0 Å². The van der Waals surface area contributed by atoms with Crippen LogP contribution in [0.1, 0.15) is 13.3 Å². The maximum atomic E-state index is 11.8. The van der Waals surface area contributed by atoms with Gasteiger partial charge in [0.2, 0.25) is 17.7 Å². The molecule has 0 spiro atoms. The van der Waals surface area contributed by atoms with Crippen molar-refractivity contribution in [1.29, 1.82) is 0 Å². The van der Waals surface area contributed by atoms with Gasteiger partial charge in [0, 0.05) is 19.7 Å². The molecule has 19 heavy (non-hydrogen) atoms. The Hall–Kier alpha value is -1.96. The van der Waals surface area contributed by atoms with Crippen LogP contribution in [0.2, 0.25) is 0 Å². The zero-order valence-electron chi connectivity index (χ0n) is 11.0. The van der Waals surface area contributed by atoms with Crippen LogP contribution in [0.5, 0.6) is 0 Å². The number of aliphatic hydroxyl groups excluding tert-OH is 1. The molecular formula is C11H18N4O4. The van der Waals surface area contributed by atoms with Crippen molar-refractivity contribution in [3.63, 3.8) is 0 Å². The Balaban J connectivity index is 2.62. The number of carbonyl (C=O) groups is 2.